The van der Waals surface area contributed by atoms with Gasteiger partial charge in [-0.1, -0.05) is 13.0 Å². The van der Waals surface area contributed by atoms with Crippen molar-refractivity contribution in [1.29, 1.82) is 0 Å². The van der Waals surface area contributed by atoms with Crippen LogP contribution in [0.2, 0.25) is 0 Å². The molecule has 0 radical (unpaired) electrons. The summed E-state index contributed by atoms with van der Waals surface area (Å²) in [6.45, 7) is 5.49. The van der Waals surface area contributed by atoms with E-state index in [0.717, 1.165) is 43.8 Å². The van der Waals surface area contributed by atoms with Crippen LogP contribution in [-0.2, 0) is 23.0 Å². The first kappa shape index (κ1) is 18.5. The summed E-state index contributed by atoms with van der Waals surface area (Å²) in [5.74, 6) is 0.408. The molecule has 1 fully saturated rings. The lowest BCUT2D eigenvalue weighted by Crippen LogP contribution is -2.38. The lowest BCUT2D eigenvalue weighted by Gasteiger charge is -2.31. The number of rotatable bonds is 7. The van der Waals surface area contributed by atoms with E-state index in [1.807, 2.05) is 25.3 Å². The van der Waals surface area contributed by atoms with Crippen LogP contribution in [-0.4, -0.2) is 37.9 Å². The van der Waals surface area contributed by atoms with Crippen LogP contribution in [0.15, 0.2) is 40.9 Å². The molecule has 7 heteroatoms. The molecule has 1 saturated heterocycles. The van der Waals surface area contributed by atoms with Crippen LogP contribution in [0, 0.1) is 5.92 Å². The maximum absolute atomic E-state index is 12.4. The largest absolute Gasteiger partial charge is 0.299 e. The molecule has 136 valence electrons. The predicted molar refractivity (Wildman–Crippen MR) is 101 cm³/mol. The van der Waals surface area contributed by atoms with E-state index >= 15 is 0 Å². The van der Waals surface area contributed by atoms with Crippen LogP contribution in [0.4, 0.5) is 0 Å². The Kier molecular flexibility index (Phi) is 6.22. The average molecular weight is 380 g/mol. The number of nitrogens with zero attached hydrogens (tertiary/aromatic N) is 2. The molecule has 0 saturated carbocycles. The van der Waals surface area contributed by atoms with E-state index < -0.39 is 10.0 Å². The van der Waals surface area contributed by atoms with Crippen molar-refractivity contribution in [2.45, 2.75) is 36.9 Å². The molecule has 3 rings (SSSR count). The Balaban J connectivity index is 1.46. The van der Waals surface area contributed by atoms with E-state index in [1.165, 1.54) is 16.9 Å². The third-order valence-corrected chi connectivity index (χ3v) is 7.79. The number of pyridine rings is 1. The number of thiophene rings is 1. The first-order valence-electron chi connectivity index (χ1n) is 8.76. The van der Waals surface area contributed by atoms with Gasteiger partial charge in [-0.3, -0.25) is 9.88 Å². The Labute approximate surface area is 154 Å². The van der Waals surface area contributed by atoms with Crippen molar-refractivity contribution >= 4 is 21.4 Å². The molecule has 3 heterocycles. The van der Waals surface area contributed by atoms with Crippen molar-refractivity contribution in [2.24, 2.45) is 5.92 Å². The van der Waals surface area contributed by atoms with Crippen molar-refractivity contribution < 1.29 is 8.42 Å². The Morgan fingerprint density at radius 1 is 1.28 bits per heavy atom. The van der Waals surface area contributed by atoms with Crippen molar-refractivity contribution in [3.05, 3.63) is 47.1 Å². The second-order valence-electron chi connectivity index (χ2n) is 6.51. The van der Waals surface area contributed by atoms with Crippen LogP contribution in [0.3, 0.4) is 0 Å². The second-order valence-corrected chi connectivity index (χ2v) is 9.67. The van der Waals surface area contributed by atoms with Gasteiger partial charge in [0, 0.05) is 30.4 Å². The number of hydrogen-bond acceptors (Lipinski definition) is 5. The fraction of sp³-hybridized carbons (Fsp3) is 0.500. The van der Waals surface area contributed by atoms with E-state index in [4.69, 9.17) is 0 Å². The molecule has 25 heavy (non-hydrogen) atoms. The second kappa shape index (κ2) is 8.40. The monoisotopic (exact) mass is 379 g/mol. The van der Waals surface area contributed by atoms with Gasteiger partial charge in [0.2, 0.25) is 10.0 Å². The van der Waals surface area contributed by atoms with E-state index in [9.17, 15) is 8.42 Å². The van der Waals surface area contributed by atoms with Gasteiger partial charge >= 0.3 is 0 Å². The highest BCUT2D eigenvalue weighted by molar-refractivity contribution is 7.91. The fourth-order valence-electron chi connectivity index (χ4n) is 3.09. The van der Waals surface area contributed by atoms with Gasteiger partial charge in [-0.15, -0.1) is 11.3 Å². The third-order valence-electron chi connectivity index (χ3n) is 4.65. The maximum Gasteiger partial charge on any atom is 0.250 e. The summed E-state index contributed by atoms with van der Waals surface area (Å²) in [6.07, 6.45) is 6.61. The Hall–Kier alpha value is -1.28. The maximum atomic E-state index is 12.4. The summed E-state index contributed by atoms with van der Waals surface area (Å²) in [4.78, 5) is 7.67. The summed E-state index contributed by atoms with van der Waals surface area (Å²) in [5, 5.41) is 0. The SMILES string of the molecule is CCc1ccc(S(=O)(=O)NCC2CCN(Cc3cccnc3)CC2)s1. The van der Waals surface area contributed by atoms with E-state index in [0.29, 0.717) is 16.7 Å². The molecule has 0 aromatic carbocycles. The molecule has 1 aliphatic heterocycles. The highest BCUT2D eigenvalue weighted by atomic mass is 32.2. The molecule has 0 bridgehead atoms. The van der Waals surface area contributed by atoms with Gasteiger partial charge in [0.05, 0.1) is 0 Å². The van der Waals surface area contributed by atoms with Crippen LogP contribution in [0.25, 0.3) is 0 Å². The van der Waals surface area contributed by atoms with E-state index in [-0.39, 0.29) is 0 Å². The van der Waals surface area contributed by atoms with Crippen LogP contribution in [0.1, 0.15) is 30.2 Å². The van der Waals surface area contributed by atoms with Crippen molar-refractivity contribution in [1.82, 2.24) is 14.6 Å². The van der Waals surface area contributed by atoms with Crippen molar-refractivity contribution in [3.8, 4) is 0 Å². The van der Waals surface area contributed by atoms with Crippen LogP contribution in [0.5, 0.6) is 0 Å². The number of nitrogens with one attached hydrogen (secondary N) is 1. The molecule has 1 N–H and O–H groups in total. The first-order valence-corrected chi connectivity index (χ1v) is 11.1. The summed E-state index contributed by atoms with van der Waals surface area (Å²) in [7, 11) is -3.36. The topological polar surface area (TPSA) is 62.3 Å². The molecule has 5 nitrogen and oxygen atoms in total. The first-order chi connectivity index (χ1) is 12.1. The lowest BCUT2D eigenvalue weighted by atomic mass is 9.97. The van der Waals surface area contributed by atoms with Gasteiger partial charge in [0.15, 0.2) is 0 Å². The highest BCUT2D eigenvalue weighted by Gasteiger charge is 2.22. The van der Waals surface area contributed by atoms with Gasteiger partial charge in [0.25, 0.3) is 0 Å². The molecule has 0 unspecified atom stereocenters. The zero-order valence-corrected chi connectivity index (χ0v) is 16.2. The quantitative estimate of drug-likeness (QED) is 0.803. The van der Waals surface area contributed by atoms with Crippen molar-refractivity contribution in [3.63, 3.8) is 0 Å². The number of piperidine rings is 1. The van der Waals surface area contributed by atoms with Gasteiger partial charge in [-0.05, 0) is 62.0 Å². The lowest BCUT2D eigenvalue weighted by molar-refractivity contribution is 0.178. The number of likely N-dealkylation sites (tertiary alicyclic amines) is 1. The Morgan fingerprint density at radius 3 is 2.72 bits per heavy atom. The molecule has 0 spiro atoms. The average Bonchev–Trinajstić information content (AvgIpc) is 3.12. The molecule has 0 atom stereocenters. The zero-order chi connectivity index (χ0) is 17.7. The summed E-state index contributed by atoms with van der Waals surface area (Å²) >= 11 is 1.36. The summed E-state index contributed by atoms with van der Waals surface area (Å²) in [5.41, 5.74) is 1.23. The summed E-state index contributed by atoms with van der Waals surface area (Å²) in [6, 6.07) is 7.67. The summed E-state index contributed by atoms with van der Waals surface area (Å²) < 4.78 is 28.0. The van der Waals surface area contributed by atoms with Crippen molar-refractivity contribution in [2.75, 3.05) is 19.6 Å². The minimum Gasteiger partial charge on any atom is -0.299 e. The fourth-order valence-corrected chi connectivity index (χ4v) is 5.55. The molecule has 2 aromatic rings. The minimum absolute atomic E-state index is 0.408. The molecular weight excluding hydrogens is 354 g/mol. The highest BCUT2D eigenvalue weighted by Crippen LogP contribution is 2.23. The smallest absolute Gasteiger partial charge is 0.250 e. The van der Waals surface area contributed by atoms with E-state index in [2.05, 4.69) is 20.7 Å². The molecular formula is C18H25N3O2S2. The predicted octanol–water partition coefficient (Wildman–Crippen LogP) is 2.90. The number of hydrogen-bond donors (Lipinski definition) is 1. The van der Waals surface area contributed by atoms with Gasteiger partial charge in [-0.25, -0.2) is 13.1 Å². The van der Waals surface area contributed by atoms with Crippen LogP contribution < -0.4 is 4.72 Å². The number of sulfonamides is 1. The standard InChI is InChI=1S/C18H25N3O2S2/c1-2-17-5-6-18(24-17)25(22,23)20-13-15-7-10-21(11-8-15)14-16-4-3-9-19-12-16/h3-6,9,12,15,20H,2,7-8,10-11,13-14H2,1H3. The molecule has 0 aliphatic carbocycles. The van der Waals surface area contributed by atoms with Gasteiger partial charge in [0.1, 0.15) is 4.21 Å². The Morgan fingerprint density at radius 2 is 2.08 bits per heavy atom. The number of aryl methyl sites for hydroxylation is 1. The number of aromatic nitrogens is 1. The molecule has 2 aromatic heterocycles. The minimum atomic E-state index is -3.36. The third kappa shape index (κ3) is 5.10. The molecule has 1 aliphatic rings. The van der Waals surface area contributed by atoms with E-state index in [1.54, 1.807) is 12.3 Å². The van der Waals surface area contributed by atoms with Gasteiger partial charge in [-0.2, -0.15) is 0 Å². The Bertz CT molecular complexity index is 767. The zero-order valence-electron chi connectivity index (χ0n) is 14.5. The normalized spacial score (nSPS) is 17.0. The molecule has 0 amide bonds. The van der Waals surface area contributed by atoms with Gasteiger partial charge < -0.3 is 0 Å². The van der Waals surface area contributed by atoms with Crippen LogP contribution >= 0.6 is 11.3 Å².